The first-order valence-electron chi connectivity index (χ1n) is 5.91. The number of hydrogen-bond acceptors (Lipinski definition) is 4. The molecule has 0 unspecified atom stereocenters. The lowest BCUT2D eigenvalue weighted by Crippen LogP contribution is -2.30. The summed E-state index contributed by atoms with van der Waals surface area (Å²) in [5, 5.41) is 0. The standard InChI is InChI=1S/C12H18N2O4S/c1-4-18-13-12(15)10-6-5-7-11(8-10)19(16,17)14-9(2)3/h5-9,14H,4H2,1-3H3,(H,13,15). The van der Waals surface area contributed by atoms with Crippen molar-refractivity contribution in [2.75, 3.05) is 6.61 Å². The first kappa shape index (κ1) is 15.6. The molecule has 7 heteroatoms. The number of benzene rings is 1. The molecule has 0 atom stereocenters. The second kappa shape index (κ2) is 6.65. The van der Waals surface area contributed by atoms with Crippen LogP contribution in [0.25, 0.3) is 0 Å². The summed E-state index contributed by atoms with van der Waals surface area (Å²) in [5.41, 5.74) is 2.44. The van der Waals surface area contributed by atoms with Gasteiger partial charge in [0.1, 0.15) is 0 Å². The predicted octanol–water partition coefficient (Wildman–Crippen LogP) is 1.05. The van der Waals surface area contributed by atoms with Gasteiger partial charge in [-0.2, -0.15) is 0 Å². The van der Waals surface area contributed by atoms with E-state index in [1.54, 1.807) is 20.8 Å². The van der Waals surface area contributed by atoms with Gasteiger partial charge in [-0.25, -0.2) is 18.6 Å². The number of hydrogen-bond donors (Lipinski definition) is 2. The van der Waals surface area contributed by atoms with Crippen LogP contribution in [-0.2, 0) is 14.9 Å². The van der Waals surface area contributed by atoms with E-state index in [-0.39, 0.29) is 16.5 Å². The van der Waals surface area contributed by atoms with Gasteiger partial charge in [-0.05, 0) is 39.0 Å². The van der Waals surface area contributed by atoms with Crippen molar-refractivity contribution in [3.63, 3.8) is 0 Å². The van der Waals surface area contributed by atoms with Gasteiger partial charge in [0, 0.05) is 11.6 Å². The van der Waals surface area contributed by atoms with Crippen LogP contribution in [0.15, 0.2) is 29.2 Å². The largest absolute Gasteiger partial charge is 0.274 e. The molecule has 1 aromatic carbocycles. The monoisotopic (exact) mass is 286 g/mol. The quantitative estimate of drug-likeness (QED) is 0.766. The van der Waals surface area contributed by atoms with Crippen LogP contribution < -0.4 is 10.2 Å². The minimum atomic E-state index is -3.61. The number of carbonyl (C=O) groups excluding carboxylic acids is 1. The first-order chi connectivity index (χ1) is 8.86. The zero-order chi connectivity index (χ0) is 14.5. The van der Waals surface area contributed by atoms with E-state index in [0.29, 0.717) is 6.61 Å². The molecule has 1 aromatic rings. The highest BCUT2D eigenvalue weighted by Gasteiger charge is 2.17. The van der Waals surface area contributed by atoms with Crippen molar-refractivity contribution in [3.8, 4) is 0 Å². The Kier molecular flexibility index (Phi) is 5.46. The van der Waals surface area contributed by atoms with Crippen LogP contribution in [0, 0.1) is 0 Å². The third-order valence-corrected chi connectivity index (χ3v) is 3.76. The number of rotatable bonds is 6. The lowest BCUT2D eigenvalue weighted by Gasteiger charge is -2.10. The highest BCUT2D eigenvalue weighted by atomic mass is 32.2. The first-order valence-corrected chi connectivity index (χ1v) is 7.39. The van der Waals surface area contributed by atoms with E-state index in [9.17, 15) is 13.2 Å². The van der Waals surface area contributed by atoms with Crippen LogP contribution in [0.5, 0.6) is 0 Å². The molecule has 0 radical (unpaired) electrons. The highest BCUT2D eigenvalue weighted by molar-refractivity contribution is 7.89. The maximum atomic E-state index is 12.0. The molecule has 2 N–H and O–H groups in total. The molecule has 0 saturated heterocycles. The van der Waals surface area contributed by atoms with Crippen LogP contribution in [0.3, 0.4) is 0 Å². The van der Waals surface area contributed by atoms with E-state index < -0.39 is 15.9 Å². The lowest BCUT2D eigenvalue weighted by atomic mass is 10.2. The second-order valence-corrected chi connectivity index (χ2v) is 5.88. The number of sulfonamides is 1. The molecule has 0 aliphatic rings. The SMILES string of the molecule is CCONC(=O)c1cccc(S(=O)(=O)NC(C)C)c1. The summed E-state index contributed by atoms with van der Waals surface area (Å²) in [5.74, 6) is -0.483. The molecule has 19 heavy (non-hydrogen) atoms. The van der Waals surface area contributed by atoms with Gasteiger partial charge in [-0.1, -0.05) is 6.07 Å². The Hall–Kier alpha value is -1.44. The maximum absolute atomic E-state index is 12.0. The molecule has 106 valence electrons. The number of hydroxylamine groups is 1. The summed E-state index contributed by atoms with van der Waals surface area (Å²) >= 11 is 0. The molecule has 0 aromatic heterocycles. The number of carbonyl (C=O) groups is 1. The summed E-state index contributed by atoms with van der Waals surface area (Å²) in [7, 11) is -3.61. The molecule has 1 amide bonds. The molecule has 0 saturated carbocycles. The molecular formula is C12H18N2O4S. The van der Waals surface area contributed by atoms with Crippen LogP contribution in [-0.4, -0.2) is 27.0 Å². The zero-order valence-corrected chi connectivity index (χ0v) is 12.0. The molecular weight excluding hydrogens is 268 g/mol. The minimum Gasteiger partial charge on any atom is -0.274 e. The minimum absolute atomic E-state index is 0.0466. The van der Waals surface area contributed by atoms with Crippen molar-refractivity contribution >= 4 is 15.9 Å². The van der Waals surface area contributed by atoms with E-state index in [1.165, 1.54) is 24.3 Å². The Morgan fingerprint density at radius 3 is 2.63 bits per heavy atom. The smallest absolute Gasteiger partial charge is 0.274 e. The van der Waals surface area contributed by atoms with Crippen molar-refractivity contribution in [1.82, 2.24) is 10.2 Å². The summed E-state index contributed by atoms with van der Waals surface area (Å²) in [6, 6.07) is 5.55. The molecule has 1 rings (SSSR count). The van der Waals surface area contributed by atoms with Crippen LogP contribution >= 0.6 is 0 Å². The third kappa shape index (κ3) is 4.62. The van der Waals surface area contributed by atoms with E-state index in [4.69, 9.17) is 4.84 Å². The van der Waals surface area contributed by atoms with Gasteiger partial charge in [0.25, 0.3) is 5.91 Å². The molecule has 0 fully saturated rings. The van der Waals surface area contributed by atoms with Crippen molar-refractivity contribution < 1.29 is 18.0 Å². The maximum Gasteiger partial charge on any atom is 0.274 e. The number of amides is 1. The summed E-state index contributed by atoms with van der Waals surface area (Å²) in [6.07, 6.45) is 0. The predicted molar refractivity (Wildman–Crippen MR) is 71.0 cm³/mol. The number of nitrogens with one attached hydrogen (secondary N) is 2. The van der Waals surface area contributed by atoms with Crippen LogP contribution in [0.1, 0.15) is 31.1 Å². The Labute approximate surface area is 113 Å². The lowest BCUT2D eigenvalue weighted by molar-refractivity contribution is 0.0364. The summed E-state index contributed by atoms with van der Waals surface area (Å²) in [6.45, 7) is 5.51. The summed E-state index contributed by atoms with van der Waals surface area (Å²) < 4.78 is 26.4. The normalized spacial score (nSPS) is 11.6. The average molecular weight is 286 g/mol. The fourth-order valence-electron chi connectivity index (χ4n) is 1.38. The Balaban J connectivity index is 2.97. The topological polar surface area (TPSA) is 84.5 Å². The average Bonchev–Trinajstić information content (AvgIpc) is 2.34. The fourth-order valence-corrected chi connectivity index (χ4v) is 2.68. The van der Waals surface area contributed by atoms with Gasteiger partial charge in [-0.15, -0.1) is 0 Å². The van der Waals surface area contributed by atoms with Gasteiger partial charge in [0.2, 0.25) is 10.0 Å². The van der Waals surface area contributed by atoms with Crippen molar-refractivity contribution in [2.24, 2.45) is 0 Å². The zero-order valence-electron chi connectivity index (χ0n) is 11.1. The van der Waals surface area contributed by atoms with Crippen molar-refractivity contribution in [1.29, 1.82) is 0 Å². The van der Waals surface area contributed by atoms with Crippen molar-refractivity contribution in [3.05, 3.63) is 29.8 Å². The second-order valence-electron chi connectivity index (χ2n) is 4.17. The molecule has 0 aliphatic heterocycles. The van der Waals surface area contributed by atoms with E-state index in [0.717, 1.165) is 0 Å². The van der Waals surface area contributed by atoms with Crippen LogP contribution in [0.4, 0.5) is 0 Å². The Bertz CT molecular complexity index is 540. The van der Waals surface area contributed by atoms with Gasteiger partial charge < -0.3 is 0 Å². The Morgan fingerprint density at radius 1 is 1.37 bits per heavy atom. The Morgan fingerprint density at radius 2 is 2.05 bits per heavy atom. The molecule has 0 aliphatic carbocycles. The van der Waals surface area contributed by atoms with Gasteiger partial charge in [0.15, 0.2) is 0 Å². The van der Waals surface area contributed by atoms with Gasteiger partial charge >= 0.3 is 0 Å². The molecule has 0 bridgehead atoms. The summed E-state index contributed by atoms with van der Waals surface area (Å²) in [4.78, 5) is 16.5. The molecule has 0 heterocycles. The van der Waals surface area contributed by atoms with E-state index in [1.807, 2.05) is 0 Å². The van der Waals surface area contributed by atoms with E-state index in [2.05, 4.69) is 10.2 Å². The third-order valence-electron chi connectivity index (χ3n) is 2.11. The van der Waals surface area contributed by atoms with E-state index >= 15 is 0 Å². The fraction of sp³-hybridized carbons (Fsp3) is 0.417. The highest BCUT2D eigenvalue weighted by Crippen LogP contribution is 2.12. The van der Waals surface area contributed by atoms with Crippen molar-refractivity contribution in [2.45, 2.75) is 31.7 Å². The van der Waals surface area contributed by atoms with Gasteiger partial charge in [-0.3, -0.25) is 9.63 Å². The van der Waals surface area contributed by atoms with Gasteiger partial charge in [0.05, 0.1) is 11.5 Å². The van der Waals surface area contributed by atoms with Crippen LogP contribution in [0.2, 0.25) is 0 Å². The molecule has 6 nitrogen and oxygen atoms in total. The molecule has 0 spiro atoms.